The second kappa shape index (κ2) is 6.96. The zero-order chi connectivity index (χ0) is 19.8. The van der Waals surface area contributed by atoms with Crippen molar-refractivity contribution in [3.8, 4) is 11.5 Å². The summed E-state index contributed by atoms with van der Waals surface area (Å²) < 4.78 is 10.4. The van der Waals surface area contributed by atoms with E-state index in [2.05, 4.69) is 16.8 Å². The van der Waals surface area contributed by atoms with Crippen molar-refractivity contribution in [3.63, 3.8) is 0 Å². The molecule has 0 amide bonds. The molecule has 0 saturated carbocycles. The zero-order valence-electron chi connectivity index (χ0n) is 15.1. The molecule has 0 unspecified atom stereocenters. The van der Waals surface area contributed by atoms with Crippen LogP contribution in [0, 0.1) is 5.92 Å². The van der Waals surface area contributed by atoms with E-state index in [1.807, 2.05) is 0 Å². The highest BCUT2D eigenvalue weighted by Gasteiger charge is 2.51. The number of benzene rings is 1. The number of hydrogen-bond acceptors (Lipinski definition) is 6. The van der Waals surface area contributed by atoms with Crippen molar-refractivity contribution in [1.29, 1.82) is 0 Å². The number of aromatic hydroxyl groups is 1. The molecule has 2 aromatic rings. The van der Waals surface area contributed by atoms with Crippen molar-refractivity contribution in [2.75, 3.05) is 13.7 Å². The lowest BCUT2D eigenvalue weighted by Gasteiger charge is -2.40. The van der Waals surface area contributed by atoms with Gasteiger partial charge in [-0.25, -0.2) is 0 Å². The quantitative estimate of drug-likeness (QED) is 0.460. The van der Waals surface area contributed by atoms with Gasteiger partial charge in [-0.05, 0) is 24.6 Å². The van der Waals surface area contributed by atoms with Crippen LogP contribution in [0.4, 0.5) is 0 Å². The van der Waals surface area contributed by atoms with E-state index in [1.165, 1.54) is 26.2 Å². The molecule has 0 radical (unpaired) electrons. The van der Waals surface area contributed by atoms with Crippen LogP contribution in [0.25, 0.3) is 0 Å². The summed E-state index contributed by atoms with van der Waals surface area (Å²) in [7, 11) is 1.40. The first kappa shape index (κ1) is 18.8. The number of ether oxygens (including phenoxy) is 2. The monoisotopic (exact) mass is 374 g/mol. The van der Waals surface area contributed by atoms with Crippen LogP contribution in [0.15, 0.2) is 35.6 Å². The largest absolute Gasteiger partial charge is 0.504 e. The first-order valence-electron chi connectivity index (χ1n) is 8.46. The van der Waals surface area contributed by atoms with Crippen molar-refractivity contribution in [3.05, 3.63) is 58.0 Å². The Bertz CT molecular complexity index is 927. The minimum absolute atomic E-state index is 0.00656. The molecule has 1 aromatic heterocycles. The first-order valence-corrected chi connectivity index (χ1v) is 8.46. The summed E-state index contributed by atoms with van der Waals surface area (Å²) >= 11 is 0. The third kappa shape index (κ3) is 3.23. The molecular weight excluding hydrogens is 352 g/mol. The number of carbonyl (C=O) groups is 1. The van der Waals surface area contributed by atoms with Gasteiger partial charge in [-0.15, -0.1) is 0 Å². The van der Waals surface area contributed by atoms with Gasteiger partial charge in [-0.1, -0.05) is 18.7 Å². The Morgan fingerprint density at radius 3 is 2.85 bits per heavy atom. The van der Waals surface area contributed by atoms with Gasteiger partial charge in [0.05, 0.1) is 18.6 Å². The number of aromatic amines is 2. The molecule has 27 heavy (non-hydrogen) atoms. The van der Waals surface area contributed by atoms with E-state index in [0.29, 0.717) is 16.8 Å². The summed E-state index contributed by atoms with van der Waals surface area (Å²) in [6.07, 6.45) is 1.52. The molecule has 1 aliphatic carbocycles. The summed E-state index contributed by atoms with van der Waals surface area (Å²) in [6.45, 7) is 5.05. The van der Waals surface area contributed by atoms with Gasteiger partial charge >= 0.3 is 5.97 Å². The number of carbonyl (C=O) groups excluding carboxylic acids is 1. The molecule has 3 rings (SSSR count). The third-order valence-electron chi connectivity index (χ3n) is 4.91. The van der Waals surface area contributed by atoms with E-state index in [-0.39, 0.29) is 30.1 Å². The Morgan fingerprint density at radius 1 is 1.44 bits per heavy atom. The SMILES string of the molecule is C=CCOC(=O)[C@H]1[C@H](c2ccc(O)c(OC)c2)c2c([nH][nH]c2=O)C[C@]1(C)O. The number of hydrogen-bond donors (Lipinski definition) is 4. The maximum absolute atomic E-state index is 12.8. The lowest BCUT2D eigenvalue weighted by molar-refractivity contribution is -0.158. The smallest absolute Gasteiger partial charge is 0.313 e. The van der Waals surface area contributed by atoms with Gasteiger partial charge < -0.3 is 24.8 Å². The topological polar surface area (TPSA) is 125 Å². The van der Waals surface area contributed by atoms with Crippen molar-refractivity contribution in [2.45, 2.75) is 24.9 Å². The van der Waals surface area contributed by atoms with Gasteiger partial charge in [0, 0.05) is 23.6 Å². The second-order valence-electron chi connectivity index (χ2n) is 6.81. The number of fused-ring (bicyclic) bond motifs is 1. The molecule has 0 bridgehead atoms. The third-order valence-corrected chi connectivity index (χ3v) is 4.91. The molecule has 144 valence electrons. The highest BCUT2D eigenvalue weighted by Crippen LogP contribution is 2.45. The average molecular weight is 374 g/mol. The van der Waals surface area contributed by atoms with Crippen LogP contribution < -0.4 is 10.3 Å². The minimum Gasteiger partial charge on any atom is -0.504 e. The van der Waals surface area contributed by atoms with E-state index in [9.17, 15) is 19.8 Å². The number of esters is 1. The fraction of sp³-hybridized carbons (Fsp3) is 0.368. The average Bonchev–Trinajstić information content (AvgIpc) is 2.98. The number of aliphatic hydroxyl groups is 1. The van der Waals surface area contributed by atoms with E-state index in [0.717, 1.165) is 0 Å². The van der Waals surface area contributed by atoms with E-state index >= 15 is 0 Å². The number of phenolic OH excluding ortho intramolecular Hbond substituents is 1. The van der Waals surface area contributed by atoms with Gasteiger partial charge in [0.15, 0.2) is 11.5 Å². The van der Waals surface area contributed by atoms with Crippen LogP contribution in [-0.2, 0) is 16.0 Å². The van der Waals surface area contributed by atoms with Crippen molar-refractivity contribution >= 4 is 5.97 Å². The van der Waals surface area contributed by atoms with Crippen LogP contribution in [0.5, 0.6) is 11.5 Å². The zero-order valence-corrected chi connectivity index (χ0v) is 15.1. The summed E-state index contributed by atoms with van der Waals surface area (Å²) in [5.74, 6) is -2.33. The molecule has 3 atom stereocenters. The summed E-state index contributed by atoms with van der Waals surface area (Å²) in [6, 6.07) is 4.56. The van der Waals surface area contributed by atoms with Crippen LogP contribution in [0.1, 0.15) is 29.7 Å². The Labute approximate surface area is 155 Å². The number of nitrogens with one attached hydrogen (secondary N) is 2. The minimum atomic E-state index is -1.47. The molecule has 1 aromatic carbocycles. The molecular formula is C19H22N2O6. The Morgan fingerprint density at radius 2 is 2.19 bits per heavy atom. The van der Waals surface area contributed by atoms with Crippen molar-refractivity contribution in [2.24, 2.45) is 5.92 Å². The molecule has 0 spiro atoms. The maximum Gasteiger partial charge on any atom is 0.313 e. The van der Waals surface area contributed by atoms with Gasteiger partial charge in [-0.2, -0.15) is 0 Å². The fourth-order valence-corrected chi connectivity index (χ4v) is 3.73. The second-order valence-corrected chi connectivity index (χ2v) is 6.81. The normalized spacial score (nSPS) is 24.1. The molecule has 1 aliphatic rings. The predicted molar refractivity (Wildman–Crippen MR) is 96.9 cm³/mol. The molecule has 4 N–H and O–H groups in total. The van der Waals surface area contributed by atoms with Crippen molar-refractivity contribution < 1.29 is 24.5 Å². The Hall–Kier alpha value is -3.00. The van der Waals surface area contributed by atoms with Gasteiger partial charge in [0.2, 0.25) is 0 Å². The van der Waals surface area contributed by atoms with E-state index < -0.39 is 23.4 Å². The first-order chi connectivity index (χ1) is 12.8. The maximum atomic E-state index is 12.8. The van der Waals surface area contributed by atoms with Gasteiger partial charge in [0.1, 0.15) is 6.61 Å². The van der Waals surface area contributed by atoms with Gasteiger partial charge in [0.25, 0.3) is 5.56 Å². The molecule has 0 saturated heterocycles. The summed E-state index contributed by atoms with van der Waals surface area (Å²) in [5, 5.41) is 26.2. The molecule has 1 heterocycles. The number of aromatic nitrogens is 2. The van der Waals surface area contributed by atoms with Gasteiger partial charge in [-0.3, -0.25) is 14.7 Å². The van der Waals surface area contributed by atoms with Crippen LogP contribution in [0.2, 0.25) is 0 Å². The molecule has 0 aliphatic heterocycles. The molecule has 8 heteroatoms. The number of phenols is 1. The Balaban J connectivity index is 2.20. The van der Waals surface area contributed by atoms with E-state index in [1.54, 1.807) is 12.1 Å². The van der Waals surface area contributed by atoms with Crippen LogP contribution in [0.3, 0.4) is 0 Å². The van der Waals surface area contributed by atoms with Crippen LogP contribution in [-0.4, -0.2) is 45.7 Å². The highest BCUT2D eigenvalue weighted by atomic mass is 16.5. The van der Waals surface area contributed by atoms with Crippen molar-refractivity contribution in [1.82, 2.24) is 10.2 Å². The molecule has 0 fully saturated rings. The number of rotatable bonds is 5. The number of H-pyrrole nitrogens is 2. The standard InChI is InChI=1S/C19H22N2O6/c1-4-7-27-18(24)16-14(10-5-6-12(22)13(8-10)26-3)15-11(9-19(16,2)25)20-21-17(15)23/h4-6,8,14,16,22,25H,1,7,9H2,2-3H3,(H2,20,21,23)/t14-,16-,19+/m1/s1. The predicted octanol–water partition coefficient (Wildman–Crippen LogP) is 1.20. The van der Waals surface area contributed by atoms with E-state index in [4.69, 9.17) is 9.47 Å². The molecule has 8 nitrogen and oxygen atoms in total. The summed E-state index contributed by atoms with van der Waals surface area (Å²) in [4.78, 5) is 25.2. The lowest BCUT2D eigenvalue weighted by atomic mass is 9.66. The highest BCUT2D eigenvalue weighted by molar-refractivity contribution is 5.77. The van der Waals surface area contributed by atoms with Crippen LogP contribution >= 0.6 is 0 Å². The number of methoxy groups -OCH3 is 1. The lowest BCUT2D eigenvalue weighted by Crippen LogP contribution is -2.50. The summed E-state index contributed by atoms with van der Waals surface area (Å²) in [5.41, 5.74) is -0.424. The fourth-order valence-electron chi connectivity index (χ4n) is 3.73. The Kier molecular flexibility index (Phi) is 4.84.